The van der Waals surface area contributed by atoms with Gasteiger partial charge in [-0.05, 0) is 18.4 Å². The van der Waals surface area contributed by atoms with E-state index >= 15 is 0 Å². The number of benzene rings is 1. The van der Waals surface area contributed by atoms with Gasteiger partial charge in [-0.25, -0.2) is 9.78 Å². The van der Waals surface area contributed by atoms with Crippen LogP contribution in [-0.2, 0) is 16.1 Å². The monoisotopic (exact) mass is 360 g/mol. The van der Waals surface area contributed by atoms with Gasteiger partial charge in [0, 0.05) is 6.61 Å². The van der Waals surface area contributed by atoms with Crippen molar-refractivity contribution in [2.75, 3.05) is 12.4 Å². The van der Waals surface area contributed by atoms with Crippen LogP contribution in [-0.4, -0.2) is 40.0 Å². The average molecular weight is 360 g/mol. The van der Waals surface area contributed by atoms with Crippen LogP contribution >= 0.6 is 11.8 Å². The minimum absolute atomic E-state index is 0.0692. The summed E-state index contributed by atoms with van der Waals surface area (Å²) in [4.78, 5) is 26.9. The molecule has 25 heavy (non-hydrogen) atoms. The number of amides is 3. The van der Waals surface area contributed by atoms with Crippen LogP contribution in [0.4, 0.5) is 4.79 Å². The zero-order chi connectivity index (χ0) is 17.6. The number of hydrogen-bond donors (Lipinski definition) is 2. The highest BCUT2D eigenvalue weighted by Crippen LogP contribution is 2.28. The number of rotatable bonds is 6. The van der Waals surface area contributed by atoms with Gasteiger partial charge in [-0.1, -0.05) is 42.1 Å². The normalized spacial score (nSPS) is 16.7. The predicted octanol–water partition coefficient (Wildman–Crippen LogP) is 2.02. The summed E-state index contributed by atoms with van der Waals surface area (Å²) in [5.41, 5.74) is 7.00. The van der Waals surface area contributed by atoms with E-state index < -0.39 is 11.9 Å². The highest BCUT2D eigenvalue weighted by atomic mass is 32.2. The van der Waals surface area contributed by atoms with E-state index in [1.165, 1.54) is 11.8 Å². The number of urea groups is 1. The second-order valence-corrected chi connectivity index (χ2v) is 6.68. The highest BCUT2D eigenvalue weighted by Gasteiger charge is 2.21. The number of primary amides is 1. The van der Waals surface area contributed by atoms with E-state index in [-0.39, 0.29) is 11.9 Å². The number of nitrogens with zero attached hydrogens (tertiary/aromatic N) is 2. The molecule has 132 valence electrons. The number of nitrogens with one attached hydrogen (secondary N) is 1. The molecule has 2 aromatic rings. The summed E-state index contributed by atoms with van der Waals surface area (Å²) in [7, 11) is 0. The second kappa shape index (κ2) is 8.17. The second-order valence-electron chi connectivity index (χ2n) is 5.74. The lowest BCUT2D eigenvalue weighted by Crippen LogP contribution is -2.36. The third-order valence-corrected chi connectivity index (χ3v) is 4.88. The van der Waals surface area contributed by atoms with Gasteiger partial charge in [0.2, 0.25) is 5.91 Å². The quantitative estimate of drug-likeness (QED) is 0.768. The maximum absolute atomic E-state index is 11.7. The molecule has 7 nitrogen and oxygen atoms in total. The lowest BCUT2D eigenvalue weighted by atomic mass is 10.1. The van der Waals surface area contributed by atoms with E-state index in [2.05, 4.69) is 14.9 Å². The van der Waals surface area contributed by atoms with Crippen molar-refractivity contribution < 1.29 is 14.3 Å². The molecule has 0 aliphatic carbocycles. The first-order chi connectivity index (χ1) is 12.1. The maximum atomic E-state index is 11.7. The fourth-order valence-electron chi connectivity index (χ4n) is 2.79. The van der Waals surface area contributed by atoms with E-state index in [1.54, 1.807) is 6.20 Å². The van der Waals surface area contributed by atoms with Gasteiger partial charge >= 0.3 is 6.03 Å². The van der Waals surface area contributed by atoms with Crippen molar-refractivity contribution in [1.82, 2.24) is 14.9 Å². The lowest BCUT2D eigenvalue weighted by molar-refractivity contribution is -0.117. The molecule has 1 aliphatic heterocycles. The van der Waals surface area contributed by atoms with E-state index in [4.69, 9.17) is 10.5 Å². The first-order valence-corrected chi connectivity index (χ1v) is 9.06. The minimum Gasteiger partial charge on any atom is -0.376 e. The van der Waals surface area contributed by atoms with Gasteiger partial charge in [-0.3, -0.25) is 10.1 Å². The minimum atomic E-state index is -0.849. The molecule has 3 N–H and O–H groups in total. The first kappa shape index (κ1) is 17.5. The topological polar surface area (TPSA) is 99.2 Å². The Morgan fingerprint density at radius 1 is 1.36 bits per heavy atom. The van der Waals surface area contributed by atoms with Crippen molar-refractivity contribution in [1.29, 1.82) is 0 Å². The third-order valence-electron chi connectivity index (χ3n) is 3.89. The molecule has 3 rings (SSSR count). The van der Waals surface area contributed by atoms with Crippen LogP contribution in [0, 0.1) is 0 Å². The van der Waals surface area contributed by atoms with Crippen molar-refractivity contribution in [3.05, 3.63) is 36.5 Å². The van der Waals surface area contributed by atoms with Crippen LogP contribution in [0.25, 0.3) is 11.3 Å². The fraction of sp³-hybridized carbons (Fsp3) is 0.353. The molecule has 1 aliphatic rings. The van der Waals surface area contributed by atoms with Crippen molar-refractivity contribution in [2.24, 2.45) is 5.73 Å². The van der Waals surface area contributed by atoms with Crippen LogP contribution in [0.1, 0.15) is 12.8 Å². The van der Waals surface area contributed by atoms with Gasteiger partial charge in [0.15, 0.2) is 5.16 Å². The molecule has 0 unspecified atom stereocenters. The van der Waals surface area contributed by atoms with E-state index in [0.717, 1.165) is 30.7 Å². The smallest absolute Gasteiger partial charge is 0.318 e. The molecule has 2 heterocycles. The molecule has 8 heteroatoms. The Hall–Kier alpha value is -2.32. The number of ether oxygens (including phenoxy) is 1. The molecule has 1 atom stereocenters. The predicted molar refractivity (Wildman–Crippen MR) is 95.1 cm³/mol. The third kappa shape index (κ3) is 4.61. The van der Waals surface area contributed by atoms with Crippen molar-refractivity contribution >= 4 is 23.7 Å². The maximum Gasteiger partial charge on any atom is 0.318 e. The SMILES string of the molecule is NC(=O)NC(=O)CSc1ncc(-c2ccccc2)n1C[C@@H]1CCCO1. The standard InChI is InChI=1S/C17H20N4O3S/c18-16(23)20-15(22)11-25-17-19-9-14(12-5-2-1-3-6-12)21(17)10-13-7-4-8-24-13/h1-3,5-6,9,13H,4,7-8,10-11H2,(H3,18,20,22,23)/t13-/m0/s1. The zero-order valence-electron chi connectivity index (χ0n) is 13.7. The molecule has 1 fully saturated rings. The number of hydrogen-bond acceptors (Lipinski definition) is 5. The number of nitrogens with two attached hydrogens (primary N) is 1. The summed E-state index contributed by atoms with van der Waals surface area (Å²) in [5, 5.41) is 2.78. The lowest BCUT2D eigenvalue weighted by Gasteiger charge is -2.16. The molecular formula is C17H20N4O3S. The Kier molecular flexibility index (Phi) is 5.72. The molecule has 0 bridgehead atoms. The first-order valence-electron chi connectivity index (χ1n) is 8.08. The molecule has 1 saturated heterocycles. The average Bonchev–Trinajstić information content (AvgIpc) is 3.24. The molecule has 3 amide bonds. The molecular weight excluding hydrogens is 340 g/mol. The van der Waals surface area contributed by atoms with Gasteiger partial charge in [-0.15, -0.1) is 0 Å². The van der Waals surface area contributed by atoms with Crippen LogP contribution in [0.3, 0.4) is 0 Å². The number of thioether (sulfide) groups is 1. The van der Waals surface area contributed by atoms with E-state index in [1.807, 2.05) is 30.3 Å². The Morgan fingerprint density at radius 2 is 2.16 bits per heavy atom. The van der Waals surface area contributed by atoms with Gasteiger partial charge in [-0.2, -0.15) is 0 Å². The summed E-state index contributed by atoms with van der Waals surface area (Å²) in [6.45, 7) is 1.47. The highest BCUT2D eigenvalue weighted by molar-refractivity contribution is 7.99. The number of carbonyl (C=O) groups excluding carboxylic acids is 2. The Balaban J connectivity index is 1.80. The Bertz CT molecular complexity index is 742. The number of imidazole rings is 1. The van der Waals surface area contributed by atoms with Crippen LogP contribution < -0.4 is 11.1 Å². The van der Waals surface area contributed by atoms with E-state index in [0.29, 0.717) is 11.7 Å². The summed E-state index contributed by atoms with van der Waals surface area (Å²) >= 11 is 1.27. The summed E-state index contributed by atoms with van der Waals surface area (Å²) in [5.74, 6) is -0.370. The van der Waals surface area contributed by atoms with Crippen LogP contribution in [0.5, 0.6) is 0 Å². The van der Waals surface area contributed by atoms with Crippen molar-refractivity contribution in [3.63, 3.8) is 0 Å². The number of carbonyl (C=O) groups is 2. The fourth-order valence-corrected chi connectivity index (χ4v) is 3.57. The molecule has 1 aromatic carbocycles. The van der Waals surface area contributed by atoms with Crippen LogP contribution in [0.2, 0.25) is 0 Å². The Morgan fingerprint density at radius 3 is 2.84 bits per heavy atom. The molecule has 0 spiro atoms. The van der Waals surface area contributed by atoms with Crippen LogP contribution in [0.15, 0.2) is 41.7 Å². The zero-order valence-corrected chi connectivity index (χ0v) is 14.5. The summed E-state index contributed by atoms with van der Waals surface area (Å²) in [6.07, 6.45) is 4.02. The van der Waals surface area contributed by atoms with Gasteiger partial charge in [0.1, 0.15) is 0 Å². The van der Waals surface area contributed by atoms with E-state index in [9.17, 15) is 9.59 Å². The van der Waals surface area contributed by atoms with Gasteiger partial charge in [0.25, 0.3) is 0 Å². The molecule has 1 aromatic heterocycles. The van der Waals surface area contributed by atoms with Crippen molar-refractivity contribution in [2.45, 2.75) is 30.6 Å². The largest absolute Gasteiger partial charge is 0.376 e. The number of imide groups is 1. The number of aromatic nitrogens is 2. The summed E-state index contributed by atoms with van der Waals surface area (Å²) in [6, 6.07) is 9.12. The summed E-state index contributed by atoms with van der Waals surface area (Å²) < 4.78 is 7.83. The van der Waals surface area contributed by atoms with Gasteiger partial charge < -0.3 is 15.0 Å². The molecule has 0 saturated carbocycles. The van der Waals surface area contributed by atoms with Crippen molar-refractivity contribution in [3.8, 4) is 11.3 Å². The Labute approximate surface area is 149 Å². The molecule has 0 radical (unpaired) electrons. The van der Waals surface area contributed by atoms with Gasteiger partial charge in [0.05, 0.1) is 30.3 Å².